The predicted molar refractivity (Wildman–Crippen MR) is 82.8 cm³/mol. The third-order valence-corrected chi connectivity index (χ3v) is 3.54. The molecule has 20 heavy (non-hydrogen) atoms. The molecule has 0 aliphatic carbocycles. The van der Waals surface area contributed by atoms with E-state index in [4.69, 9.17) is 10.5 Å². The zero-order chi connectivity index (χ0) is 14.1. The molecule has 0 amide bonds. The van der Waals surface area contributed by atoms with Gasteiger partial charge >= 0.3 is 0 Å². The van der Waals surface area contributed by atoms with Gasteiger partial charge in [-0.1, -0.05) is 30.3 Å². The Morgan fingerprint density at radius 1 is 1.30 bits per heavy atom. The molecule has 0 spiro atoms. The number of nitrogens with zero attached hydrogens (tertiary/aromatic N) is 2. The molecule has 2 heterocycles. The lowest BCUT2D eigenvalue weighted by Crippen LogP contribution is -1.99. The number of aryl methyl sites for hydroxylation is 1. The predicted octanol–water partition coefficient (Wildman–Crippen LogP) is 3.57. The maximum absolute atomic E-state index is 6.01. The molecule has 0 fully saturated rings. The summed E-state index contributed by atoms with van der Waals surface area (Å²) in [4.78, 5) is 4.46. The molecule has 5 heteroatoms. The van der Waals surface area contributed by atoms with Crippen molar-refractivity contribution in [2.75, 3.05) is 5.73 Å². The molecule has 0 aliphatic heterocycles. The molecular formula is C15H14BrN3O. The van der Waals surface area contributed by atoms with Crippen LogP contribution in [0.25, 0.3) is 5.65 Å². The van der Waals surface area contributed by atoms with E-state index < -0.39 is 0 Å². The Labute approximate surface area is 125 Å². The highest BCUT2D eigenvalue weighted by Crippen LogP contribution is 2.28. The number of nitrogens with two attached hydrogens (primary N) is 1. The number of nitrogen functional groups attached to an aromatic ring is 1. The normalized spacial score (nSPS) is 10.9. The number of halogens is 1. The highest BCUT2D eigenvalue weighted by atomic mass is 79.9. The van der Waals surface area contributed by atoms with E-state index in [0.717, 1.165) is 21.4 Å². The number of hydrogen-bond donors (Lipinski definition) is 1. The van der Waals surface area contributed by atoms with Crippen molar-refractivity contribution in [2.45, 2.75) is 13.5 Å². The number of aromatic nitrogens is 2. The Balaban J connectivity index is 1.97. The van der Waals surface area contributed by atoms with E-state index >= 15 is 0 Å². The minimum atomic E-state index is 0.499. The minimum absolute atomic E-state index is 0.499. The Morgan fingerprint density at radius 2 is 2.05 bits per heavy atom. The van der Waals surface area contributed by atoms with Crippen molar-refractivity contribution in [2.24, 2.45) is 0 Å². The monoisotopic (exact) mass is 331 g/mol. The molecule has 4 nitrogen and oxygen atoms in total. The third-order valence-electron chi connectivity index (χ3n) is 3.11. The molecule has 0 saturated heterocycles. The average molecular weight is 332 g/mol. The van der Waals surface area contributed by atoms with E-state index in [1.54, 1.807) is 0 Å². The number of hydrogen-bond acceptors (Lipinski definition) is 3. The van der Waals surface area contributed by atoms with Crippen molar-refractivity contribution in [1.29, 1.82) is 0 Å². The summed E-state index contributed by atoms with van der Waals surface area (Å²) >= 11 is 3.47. The van der Waals surface area contributed by atoms with Crippen LogP contribution in [-0.4, -0.2) is 9.38 Å². The van der Waals surface area contributed by atoms with Gasteiger partial charge in [-0.05, 0) is 34.5 Å². The smallest absolute Gasteiger partial charge is 0.181 e. The van der Waals surface area contributed by atoms with Crippen LogP contribution in [0.15, 0.2) is 47.1 Å². The van der Waals surface area contributed by atoms with E-state index in [1.165, 1.54) is 0 Å². The third kappa shape index (κ3) is 2.36. The molecule has 0 bridgehead atoms. The quantitative estimate of drug-likeness (QED) is 0.798. The molecule has 1 aromatic carbocycles. The van der Waals surface area contributed by atoms with Crippen LogP contribution in [-0.2, 0) is 6.61 Å². The Kier molecular flexibility index (Phi) is 3.36. The first-order valence-corrected chi connectivity index (χ1v) is 7.05. The summed E-state index contributed by atoms with van der Waals surface area (Å²) in [6, 6.07) is 11.9. The molecule has 102 valence electrons. The van der Waals surface area contributed by atoms with Crippen LogP contribution in [0.4, 0.5) is 5.82 Å². The second-order valence-electron chi connectivity index (χ2n) is 4.57. The van der Waals surface area contributed by atoms with Crippen molar-refractivity contribution in [3.63, 3.8) is 0 Å². The zero-order valence-electron chi connectivity index (χ0n) is 11.0. The van der Waals surface area contributed by atoms with Crippen LogP contribution in [0.3, 0.4) is 0 Å². The number of benzene rings is 1. The summed E-state index contributed by atoms with van der Waals surface area (Å²) in [5, 5.41) is 0. The van der Waals surface area contributed by atoms with Crippen LogP contribution < -0.4 is 10.5 Å². The van der Waals surface area contributed by atoms with E-state index in [2.05, 4.69) is 20.9 Å². The van der Waals surface area contributed by atoms with Crippen molar-refractivity contribution < 1.29 is 4.74 Å². The molecular weight excluding hydrogens is 318 g/mol. The van der Waals surface area contributed by atoms with E-state index in [-0.39, 0.29) is 0 Å². The topological polar surface area (TPSA) is 52.5 Å². The SMILES string of the molecule is Cc1nc2c(OCc3ccccc3)cc(Br)cn2c1N. The first-order chi connectivity index (χ1) is 9.65. The van der Waals surface area contributed by atoms with Gasteiger partial charge in [-0.25, -0.2) is 4.98 Å². The molecule has 0 aliphatic rings. The number of ether oxygens (including phenoxy) is 1. The van der Waals surface area contributed by atoms with Gasteiger partial charge in [-0.15, -0.1) is 0 Å². The number of pyridine rings is 1. The summed E-state index contributed by atoms with van der Waals surface area (Å²) in [7, 11) is 0. The fraction of sp³-hybridized carbons (Fsp3) is 0.133. The molecule has 0 unspecified atom stereocenters. The lowest BCUT2D eigenvalue weighted by Gasteiger charge is -2.08. The van der Waals surface area contributed by atoms with Crippen molar-refractivity contribution in [3.8, 4) is 5.75 Å². The number of rotatable bonds is 3. The highest BCUT2D eigenvalue weighted by molar-refractivity contribution is 9.10. The second-order valence-corrected chi connectivity index (χ2v) is 5.49. The van der Waals surface area contributed by atoms with Crippen LogP contribution in [0.5, 0.6) is 5.75 Å². The number of fused-ring (bicyclic) bond motifs is 1. The largest absolute Gasteiger partial charge is 0.485 e. The van der Waals surface area contributed by atoms with Gasteiger partial charge in [0.25, 0.3) is 0 Å². The maximum Gasteiger partial charge on any atom is 0.181 e. The molecule has 0 saturated carbocycles. The maximum atomic E-state index is 6.01. The summed E-state index contributed by atoms with van der Waals surface area (Å²) in [6.07, 6.45) is 1.89. The van der Waals surface area contributed by atoms with Gasteiger partial charge in [-0.3, -0.25) is 4.40 Å². The van der Waals surface area contributed by atoms with E-state index in [0.29, 0.717) is 18.2 Å². The summed E-state index contributed by atoms with van der Waals surface area (Å²) in [5.41, 5.74) is 8.65. The molecule has 3 aromatic rings. The fourth-order valence-electron chi connectivity index (χ4n) is 2.05. The van der Waals surface area contributed by atoms with Gasteiger partial charge in [0.2, 0.25) is 0 Å². The Hall–Kier alpha value is -2.01. The summed E-state index contributed by atoms with van der Waals surface area (Å²) in [5.74, 6) is 1.34. The minimum Gasteiger partial charge on any atom is -0.485 e. The van der Waals surface area contributed by atoms with Crippen LogP contribution >= 0.6 is 15.9 Å². The zero-order valence-corrected chi connectivity index (χ0v) is 12.6. The number of imidazole rings is 1. The van der Waals surface area contributed by atoms with Gasteiger partial charge in [0.1, 0.15) is 12.4 Å². The Bertz CT molecular complexity index is 753. The first kappa shape index (κ1) is 13.0. The van der Waals surface area contributed by atoms with E-state index in [1.807, 2.05) is 53.9 Å². The standard InChI is InChI=1S/C15H14BrN3O/c1-10-14(17)19-8-12(16)7-13(15(19)18-10)20-9-11-5-3-2-4-6-11/h2-8H,9,17H2,1H3. The fourth-order valence-corrected chi connectivity index (χ4v) is 2.47. The lowest BCUT2D eigenvalue weighted by molar-refractivity contribution is 0.308. The number of anilines is 1. The van der Waals surface area contributed by atoms with Crippen molar-refractivity contribution in [3.05, 3.63) is 58.3 Å². The van der Waals surface area contributed by atoms with Gasteiger partial charge < -0.3 is 10.5 Å². The van der Waals surface area contributed by atoms with Crippen molar-refractivity contribution in [1.82, 2.24) is 9.38 Å². The molecule has 2 aromatic heterocycles. The molecule has 0 radical (unpaired) electrons. The van der Waals surface area contributed by atoms with Crippen LogP contribution in [0.1, 0.15) is 11.3 Å². The summed E-state index contributed by atoms with van der Waals surface area (Å²) < 4.78 is 8.62. The van der Waals surface area contributed by atoms with Gasteiger partial charge in [0.05, 0.1) is 5.69 Å². The van der Waals surface area contributed by atoms with Crippen molar-refractivity contribution >= 4 is 27.4 Å². The lowest BCUT2D eigenvalue weighted by atomic mass is 10.2. The van der Waals surface area contributed by atoms with Gasteiger partial charge in [-0.2, -0.15) is 0 Å². The van der Waals surface area contributed by atoms with Gasteiger partial charge in [0.15, 0.2) is 11.4 Å². The van der Waals surface area contributed by atoms with Crippen LogP contribution in [0.2, 0.25) is 0 Å². The molecule has 3 rings (SSSR count). The van der Waals surface area contributed by atoms with E-state index in [9.17, 15) is 0 Å². The summed E-state index contributed by atoms with van der Waals surface area (Å²) in [6.45, 7) is 2.38. The van der Waals surface area contributed by atoms with Crippen LogP contribution in [0, 0.1) is 6.92 Å². The molecule has 2 N–H and O–H groups in total. The highest BCUT2D eigenvalue weighted by Gasteiger charge is 2.11. The average Bonchev–Trinajstić information content (AvgIpc) is 2.74. The molecule has 0 atom stereocenters. The first-order valence-electron chi connectivity index (χ1n) is 6.25. The van der Waals surface area contributed by atoms with Gasteiger partial charge in [0, 0.05) is 10.7 Å². The Morgan fingerprint density at radius 3 is 2.80 bits per heavy atom. The second kappa shape index (κ2) is 5.17.